The lowest BCUT2D eigenvalue weighted by Crippen LogP contribution is -2.59. The van der Waals surface area contributed by atoms with Crippen LogP contribution in [0.3, 0.4) is 0 Å². The zero-order valence-electron chi connectivity index (χ0n) is 17.6. The fraction of sp³-hybridized carbons (Fsp3) is 0.435. The molecule has 1 aromatic carbocycles. The minimum Gasteiger partial charge on any atom is -0.481 e. The average molecular weight is 448 g/mol. The molecule has 0 spiro atoms. The monoisotopic (exact) mass is 448 g/mol. The van der Waals surface area contributed by atoms with Gasteiger partial charge in [-0.05, 0) is 30.0 Å². The summed E-state index contributed by atoms with van der Waals surface area (Å²) in [5.74, 6) is -2.48. The molecule has 9 heteroatoms. The maximum absolute atomic E-state index is 13.6. The SMILES string of the molecule is CC(C)CC1=C(C2(C(=O)O)CNC2)C=CC(C2C=NOc3cc(C(F)(F)F)ccc32)C1=O. The van der Waals surface area contributed by atoms with Gasteiger partial charge in [0.15, 0.2) is 11.5 Å². The zero-order chi connectivity index (χ0) is 23.3. The maximum atomic E-state index is 13.6. The number of carboxylic acid groups (broad SMARTS) is 1. The van der Waals surface area contributed by atoms with Gasteiger partial charge in [-0.25, -0.2) is 0 Å². The number of nitrogens with zero attached hydrogens (tertiary/aromatic N) is 1. The maximum Gasteiger partial charge on any atom is 0.416 e. The van der Waals surface area contributed by atoms with Gasteiger partial charge in [-0.2, -0.15) is 13.2 Å². The molecule has 170 valence electrons. The second kappa shape index (κ2) is 7.88. The summed E-state index contributed by atoms with van der Waals surface area (Å²) in [5.41, 5.74) is -0.604. The van der Waals surface area contributed by atoms with Crippen molar-refractivity contribution < 1.29 is 32.7 Å². The van der Waals surface area contributed by atoms with Crippen molar-refractivity contribution in [2.45, 2.75) is 32.4 Å². The predicted molar refractivity (Wildman–Crippen MR) is 110 cm³/mol. The number of carboxylic acids is 1. The number of rotatable bonds is 5. The Morgan fingerprint density at radius 1 is 1.31 bits per heavy atom. The van der Waals surface area contributed by atoms with E-state index in [4.69, 9.17) is 4.84 Å². The highest BCUT2D eigenvalue weighted by Gasteiger charge is 2.50. The number of carbonyl (C=O) groups excluding carboxylic acids is 1. The molecule has 0 saturated carbocycles. The van der Waals surface area contributed by atoms with Crippen LogP contribution >= 0.6 is 0 Å². The summed E-state index contributed by atoms with van der Waals surface area (Å²) in [6, 6.07) is 3.15. The van der Waals surface area contributed by atoms with E-state index < -0.39 is 35.0 Å². The Morgan fingerprint density at radius 2 is 2.03 bits per heavy atom. The Kier molecular flexibility index (Phi) is 5.48. The van der Waals surface area contributed by atoms with E-state index in [1.165, 1.54) is 12.3 Å². The van der Waals surface area contributed by atoms with E-state index >= 15 is 0 Å². The van der Waals surface area contributed by atoms with Crippen LogP contribution in [0.15, 0.2) is 46.7 Å². The van der Waals surface area contributed by atoms with Gasteiger partial charge in [0.1, 0.15) is 5.41 Å². The minimum atomic E-state index is -4.53. The van der Waals surface area contributed by atoms with Crippen LogP contribution < -0.4 is 10.2 Å². The van der Waals surface area contributed by atoms with E-state index in [0.717, 1.165) is 12.1 Å². The third kappa shape index (κ3) is 3.64. The number of hydrogen-bond donors (Lipinski definition) is 2. The first-order chi connectivity index (χ1) is 15.0. The molecule has 2 N–H and O–H groups in total. The summed E-state index contributed by atoms with van der Waals surface area (Å²) in [4.78, 5) is 30.7. The third-order valence-corrected chi connectivity index (χ3v) is 6.25. The van der Waals surface area contributed by atoms with Crippen LogP contribution in [-0.4, -0.2) is 36.2 Å². The zero-order valence-corrected chi connectivity index (χ0v) is 17.6. The summed E-state index contributed by atoms with van der Waals surface area (Å²) in [7, 11) is 0. The van der Waals surface area contributed by atoms with E-state index in [9.17, 15) is 27.9 Å². The molecule has 2 atom stereocenters. The number of ketones is 1. The van der Waals surface area contributed by atoms with Crippen LogP contribution in [0.4, 0.5) is 13.2 Å². The van der Waals surface area contributed by atoms with Gasteiger partial charge in [-0.3, -0.25) is 9.59 Å². The van der Waals surface area contributed by atoms with Crippen molar-refractivity contribution in [2.24, 2.45) is 22.4 Å². The molecule has 2 aliphatic heterocycles. The van der Waals surface area contributed by atoms with Crippen LogP contribution in [0.5, 0.6) is 5.75 Å². The molecule has 32 heavy (non-hydrogen) atoms. The Balaban J connectivity index is 1.73. The number of benzene rings is 1. The number of aliphatic carboxylic acids is 1. The van der Waals surface area contributed by atoms with Crippen molar-refractivity contribution in [3.8, 4) is 5.75 Å². The number of alkyl halides is 3. The molecular formula is C23H23F3N2O4. The highest BCUT2D eigenvalue weighted by atomic mass is 19.4. The van der Waals surface area contributed by atoms with Gasteiger partial charge in [0.25, 0.3) is 0 Å². The third-order valence-electron chi connectivity index (χ3n) is 6.25. The first kappa shape index (κ1) is 22.3. The molecule has 6 nitrogen and oxygen atoms in total. The molecule has 0 bridgehead atoms. The van der Waals surface area contributed by atoms with E-state index in [0.29, 0.717) is 23.1 Å². The molecule has 0 radical (unpaired) electrons. The number of carbonyl (C=O) groups is 2. The molecule has 2 heterocycles. The second-order valence-electron chi connectivity index (χ2n) is 8.85. The van der Waals surface area contributed by atoms with E-state index in [1.54, 1.807) is 12.2 Å². The molecule has 4 rings (SSSR count). The highest BCUT2D eigenvalue weighted by molar-refractivity contribution is 6.04. The Hall–Kier alpha value is -2.94. The molecule has 1 fully saturated rings. The van der Waals surface area contributed by atoms with Crippen LogP contribution in [0.2, 0.25) is 0 Å². The van der Waals surface area contributed by atoms with Gasteiger partial charge in [0, 0.05) is 30.1 Å². The Bertz CT molecular complexity index is 1050. The summed E-state index contributed by atoms with van der Waals surface area (Å²) in [6.45, 7) is 4.37. The van der Waals surface area contributed by atoms with Gasteiger partial charge in [-0.1, -0.05) is 37.2 Å². The Labute approximate surface area is 182 Å². The lowest BCUT2D eigenvalue weighted by atomic mass is 9.66. The van der Waals surface area contributed by atoms with Crippen molar-refractivity contribution in [2.75, 3.05) is 13.1 Å². The lowest BCUT2D eigenvalue weighted by Gasteiger charge is -2.42. The summed E-state index contributed by atoms with van der Waals surface area (Å²) in [5, 5.41) is 16.6. The number of nitrogens with one attached hydrogen (secondary N) is 1. The second-order valence-corrected chi connectivity index (χ2v) is 8.85. The topological polar surface area (TPSA) is 88.0 Å². The average Bonchev–Trinajstić information content (AvgIpc) is 2.67. The number of oxime groups is 1. The first-order valence-electron chi connectivity index (χ1n) is 10.4. The van der Waals surface area contributed by atoms with Crippen LogP contribution in [0.1, 0.15) is 37.3 Å². The number of fused-ring (bicyclic) bond motifs is 1. The van der Waals surface area contributed by atoms with Crippen LogP contribution in [-0.2, 0) is 15.8 Å². The fourth-order valence-electron chi connectivity index (χ4n) is 4.49. The number of halogens is 3. The van der Waals surface area contributed by atoms with Crippen molar-refractivity contribution in [1.82, 2.24) is 5.32 Å². The number of hydrogen-bond acceptors (Lipinski definition) is 5. The largest absolute Gasteiger partial charge is 0.481 e. The first-order valence-corrected chi connectivity index (χ1v) is 10.4. The fourth-order valence-corrected chi connectivity index (χ4v) is 4.49. The van der Waals surface area contributed by atoms with Crippen molar-refractivity contribution in [3.63, 3.8) is 0 Å². The molecule has 0 aromatic heterocycles. The predicted octanol–water partition coefficient (Wildman–Crippen LogP) is 3.94. The van der Waals surface area contributed by atoms with Gasteiger partial charge in [0.2, 0.25) is 0 Å². The highest BCUT2D eigenvalue weighted by Crippen LogP contribution is 2.45. The van der Waals surface area contributed by atoms with E-state index in [1.807, 2.05) is 13.8 Å². The van der Waals surface area contributed by atoms with E-state index in [-0.39, 0.29) is 30.5 Å². The van der Waals surface area contributed by atoms with Crippen molar-refractivity contribution in [1.29, 1.82) is 0 Å². The van der Waals surface area contributed by atoms with Gasteiger partial charge in [-0.15, -0.1) is 0 Å². The smallest absolute Gasteiger partial charge is 0.416 e. The number of allylic oxidation sites excluding steroid dienone is 3. The lowest BCUT2D eigenvalue weighted by molar-refractivity contribution is -0.149. The summed E-state index contributed by atoms with van der Waals surface area (Å²) >= 11 is 0. The molecule has 1 aromatic rings. The van der Waals surface area contributed by atoms with Gasteiger partial charge in [0.05, 0.1) is 17.7 Å². The molecule has 0 amide bonds. The number of Topliss-reactive ketones (excluding diaryl/α,β-unsaturated/α-hetero) is 1. The summed E-state index contributed by atoms with van der Waals surface area (Å²) < 4.78 is 39.3. The standard InChI is InChI=1S/C23H23F3N2O4/c1-12(2)7-16-18(22(21(30)31)10-27-11-22)6-5-15(20(16)29)17-9-28-32-19-8-13(23(24,25)26)3-4-14(17)19/h3-6,8-9,12,15,17,27H,7,10-11H2,1-2H3,(H,30,31). The van der Waals surface area contributed by atoms with Crippen LogP contribution in [0, 0.1) is 17.3 Å². The Morgan fingerprint density at radius 3 is 2.59 bits per heavy atom. The normalized spacial score (nSPS) is 24.2. The molecule has 3 aliphatic rings. The van der Waals surface area contributed by atoms with E-state index in [2.05, 4.69) is 10.5 Å². The molecule has 1 aliphatic carbocycles. The van der Waals surface area contributed by atoms with Gasteiger partial charge < -0.3 is 15.3 Å². The van der Waals surface area contributed by atoms with Crippen molar-refractivity contribution >= 4 is 18.0 Å². The van der Waals surface area contributed by atoms with Crippen molar-refractivity contribution in [3.05, 3.63) is 52.6 Å². The minimum absolute atomic E-state index is 0.0427. The molecule has 1 saturated heterocycles. The quantitative estimate of drug-likeness (QED) is 0.713. The molecular weight excluding hydrogens is 425 g/mol. The summed E-state index contributed by atoms with van der Waals surface area (Å²) in [6.07, 6.45) is 0.641. The van der Waals surface area contributed by atoms with Gasteiger partial charge >= 0.3 is 12.1 Å². The van der Waals surface area contributed by atoms with Crippen LogP contribution in [0.25, 0.3) is 0 Å². The molecule has 2 unspecified atom stereocenters.